The zero-order valence-electron chi connectivity index (χ0n) is 21.2. The summed E-state index contributed by atoms with van der Waals surface area (Å²) in [5.41, 5.74) is 11.2. The summed E-state index contributed by atoms with van der Waals surface area (Å²) in [5, 5.41) is 5.35. The monoisotopic (exact) mass is 472 g/mol. The van der Waals surface area contributed by atoms with E-state index in [1.165, 1.54) is 66.1 Å². The van der Waals surface area contributed by atoms with Crippen molar-refractivity contribution >= 4 is 32.7 Å². The van der Waals surface area contributed by atoms with Crippen LogP contribution in [0.3, 0.4) is 0 Å². The smallest absolute Gasteiger partial charge is 0.00936 e. The number of fused-ring (bicyclic) bond motifs is 10. The molecule has 176 valence electrons. The van der Waals surface area contributed by atoms with E-state index in [1.807, 2.05) is 0 Å². The first kappa shape index (κ1) is 21.0. The molecule has 0 nitrogen and oxygen atoms in total. The minimum absolute atomic E-state index is 0.0433. The second kappa shape index (κ2) is 7.43. The summed E-state index contributed by atoms with van der Waals surface area (Å²) in [7, 11) is 0. The van der Waals surface area contributed by atoms with Gasteiger partial charge in [-0.15, -0.1) is 0 Å². The predicted octanol–water partition coefficient (Wildman–Crippen LogP) is 9.67. The molecule has 4 aliphatic carbocycles. The number of benzene rings is 4. The van der Waals surface area contributed by atoms with Crippen molar-refractivity contribution in [2.75, 3.05) is 0 Å². The first-order chi connectivity index (χ1) is 18.1. The van der Waals surface area contributed by atoms with Crippen LogP contribution in [0, 0.1) is 5.41 Å². The highest BCUT2D eigenvalue weighted by Gasteiger charge is 2.43. The number of rotatable bonds is 2. The van der Waals surface area contributed by atoms with Gasteiger partial charge in [-0.05, 0) is 71.5 Å². The molecule has 2 unspecified atom stereocenters. The lowest BCUT2D eigenvalue weighted by Gasteiger charge is -2.44. The molecule has 4 aliphatic rings. The Labute approximate surface area is 218 Å². The van der Waals surface area contributed by atoms with E-state index < -0.39 is 0 Å². The summed E-state index contributed by atoms with van der Waals surface area (Å²) in [6.07, 6.45) is 18.7. The van der Waals surface area contributed by atoms with E-state index >= 15 is 0 Å². The topological polar surface area (TPSA) is 0 Å². The molecule has 0 heteroatoms. The highest BCUT2D eigenvalue weighted by Crippen LogP contribution is 2.58. The Morgan fingerprint density at radius 1 is 0.541 bits per heavy atom. The van der Waals surface area contributed by atoms with Crippen LogP contribution in [0.5, 0.6) is 0 Å². The van der Waals surface area contributed by atoms with Gasteiger partial charge in [-0.3, -0.25) is 0 Å². The van der Waals surface area contributed by atoms with E-state index in [2.05, 4.69) is 135 Å². The standard InChI is InChI=1S/C37H28/c1-37(2,33-21-25-11-7-15-29(25)35-27-13-5-3-9-23(27)17-19-31(33)35)34-22-26-12-8-16-30(26)36-28-14-6-4-10-24(28)18-20-32(34)36/h3-22,33-34H,1-2H3. The van der Waals surface area contributed by atoms with Gasteiger partial charge in [0.25, 0.3) is 0 Å². The van der Waals surface area contributed by atoms with Gasteiger partial charge in [-0.25, -0.2) is 0 Å². The largest absolute Gasteiger partial charge is 0.0685 e. The first-order valence-electron chi connectivity index (χ1n) is 13.4. The fourth-order valence-corrected chi connectivity index (χ4v) is 7.27. The van der Waals surface area contributed by atoms with Crippen LogP contribution in [0.2, 0.25) is 0 Å². The molecule has 0 aliphatic heterocycles. The van der Waals surface area contributed by atoms with Gasteiger partial charge in [0.2, 0.25) is 0 Å². The van der Waals surface area contributed by atoms with Gasteiger partial charge in [0.05, 0.1) is 0 Å². The molecule has 2 atom stereocenters. The SMILES string of the molecule is CC(C)(C1C=C2C=CC=C2c2c1ccc1ccccc21)C1C=C2C=CC=C2c2c1ccc1ccccc21. The summed E-state index contributed by atoms with van der Waals surface area (Å²) in [5.74, 6) is 0.582. The van der Waals surface area contributed by atoms with E-state index in [1.54, 1.807) is 0 Å². The predicted molar refractivity (Wildman–Crippen MR) is 158 cm³/mol. The zero-order valence-corrected chi connectivity index (χ0v) is 21.2. The summed E-state index contributed by atoms with van der Waals surface area (Å²) in [6.45, 7) is 4.96. The van der Waals surface area contributed by atoms with Crippen LogP contribution in [0.25, 0.3) is 32.7 Å². The van der Waals surface area contributed by atoms with Crippen LogP contribution in [0.15, 0.2) is 133 Å². The van der Waals surface area contributed by atoms with Crippen molar-refractivity contribution < 1.29 is 0 Å². The van der Waals surface area contributed by atoms with Crippen LogP contribution in [0.4, 0.5) is 0 Å². The van der Waals surface area contributed by atoms with Crippen LogP contribution >= 0.6 is 0 Å². The maximum atomic E-state index is 2.54. The third-order valence-electron chi connectivity index (χ3n) is 9.13. The summed E-state index contributed by atoms with van der Waals surface area (Å²) in [4.78, 5) is 0. The maximum absolute atomic E-state index is 2.54. The lowest BCUT2D eigenvalue weighted by molar-refractivity contribution is 0.284. The van der Waals surface area contributed by atoms with Crippen molar-refractivity contribution in [1.29, 1.82) is 0 Å². The minimum Gasteiger partial charge on any atom is -0.0685 e. The average Bonchev–Trinajstić information content (AvgIpc) is 3.61. The van der Waals surface area contributed by atoms with Crippen molar-refractivity contribution in [1.82, 2.24) is 0 Å². The molecule has 0 fully saturated rings. The molecular weight excluding hydrogens is 444 g/mol. The highest BCUT2D eigenvalue weighted by atomic mass is 14.5. The molecule has 4 aromatic rings. The summed E-state index contributed by atoms with van der Waals surface area (Å²) in [6, 6.07) is 27.2. The normalized spacial score (nSPS) is 21.1. The van der Waals surface area contributed by atoms with Gasteiger partial charge in [-0.2, -0.15) is 0 Å². The van der Waals surface area contributed by atoms with E-state index in [9.17, 15) is 0 Å². The number of hydrogen-bond acceptors (Lipinski definition) is 0. The molecule has 0 radical (unpaired) electrons. The van der Waals surface area contributed by atoms with Crippen molar-refractivity contribution in [3.8, 4) is 0 Å². The molecule has 0 saturated carbocycles. The van der Waals surface area contributed by atoms with Gasteiger partial charge < -0.3 is 0 Å². The summed E-state index contributed by atoms with van der Waals surface area (Å²) >= 11 is 0. The van der Waals surface area contributed by atoms with Gasteiger partial charge in [-0.1, -0.05) is 135 Å². The molecule has 0 bridgehead atoms. The third-order valence-corrected chi connectivity index (χ3v) is 9.13. The Bertz CT molecular complexity index is 1710. The fraction of sp³-hybridized carbons (Fsp3) is 0.135. The second-order valence-corrected chi connectivity index (χ2v) is 11.4. The van der Waals surface area contributed by atoms with E-state index in [-0.39, 0.29) is 5.41 Å². The number of allylic oxidation sites excluding steroid dienone is 12. The Hall–Kier alpha value is -4.16. The van der Waals surface area contributed by atoms with E-state index in [4.69, 9.17) is 0 Å². The number of hydrogen-bond donors (Lipinski definition) is 0. The second-order valence-electron chi connectivity index (χ2n) is 11.4. The van der Waals surface area contributed by atoms with Crippen LogP contribution in [-0.2, 0) is 0 Å². The van der Waals surface area contributed by atoms with Gasteiger partial charge in [0, 0.05) is 11.8 Å². The molecule has 0 amide bonds. The molecular formula is C37H28. The van der Waals surface area contributed by atoms with Crippen LogP contribution in [-0.4, -0.2) is 0 Å². The van der Waals surface area contributed by atoms with Crippen molar-refractivity contribution in [2.24, 2.45) is 5.41 Å². The molecule has 4 aromatic carbocycles. The molecule has 0 heterocycles. The average molecular weight is 473 g/mol. The van der Waals surface area contributed by atoms with Crippen LogP contribution in [0.1, 0.15) is 47.9 Å². The Morgan fingerprint density at radius 3 is 1.49 bits per heavy atom. The first-order valence-corrected chi connectivity index (χ1v) is 13.4. The van der Waals surface area contributed by atoms with Crippen LogP contribution < -0.4 is 0 Å². The van der Waals surface area contributed by atoms with E-state index in [0.717, 1.165) is 0 Å². The van der Waals surface area contributed by atoms with Crippen molar-refractivity contribution in [3.05, 3.63) is 155 Å². The zero-order chi connectivity index (χ0) is 24.7. The fourth-order valence-electron chi connectivity index (χ4n) is 7.27. The van der Waals surface area contributed by atoms with Gasteiger partial charge >= 0.3 is 0 Å². The Balaban J connectivity index is 1.37. The minimum atomic E-state index is -0.0433. The third kappa shape index (κ3) is 2.84. The Kier molecular flexibility index (Phi) is 4.21. The lowest BCUT2D eigenvalue weighted by atomic mass is 9.59. The van der Waals surface area contributed by atoms with Gasteiger partial charge in [0.1, 0.15) is 0 Å². The maximum Gasteiger partial charge on any atom is 0.00936 e. The van der Waals surface area contributed by atoms with E-state index in [0.29, 0.717) is 11.8 Å². The molecule has 0 aromatic heterocycles. The molecule has 8 rings (SSSR count). The molecule has 0 N–H and O–H groups in total. The highest BCUT2D eigenvalue weighted by molar-refractivity contribution is 6.04. The molecule has 0 spiro atoms. The van der Waals surface area contributed by atoms with Crippen molar-refractivity contribution in [3.63, 3.8) is 0 Å². The Morgan fingerprint density at radius 2 is 1.00 bits per heavy atom. The summed E-state index contributed by atoms with van der Waals surface area (Å²) < 4.78 is 0. The van der Waals surface area contributed by atoms with Gasteiger partial charge in [0.15, 0.2) is 0 Å². The lowest BCUT2D eigenvalue weighted by Crippen LogP contribution is -2.32. The molecule has 0 saturated heterocycles. The quantitative estimate of drug-likeness (QED) is 0.272. The van der Waals surface area contributed by atoms with Crippen molar-refractivity contribution in [2.45, 2.75) is 25.7 Å². The molecule has 37 heavy (non-hydrogen) atoms.